The summed E-state index contributed by atoms with van der Waals surface area (Å²) in [4.78, 5) is 1.95. The van der Waals surface area contributed by atoms with Gasteiger partial charge in [0.25, 0.3) is 0 Å². The second-order valence-electron chi connectivity index (χ2n) is 4.66. The number of halogens is 3. The highest BCUT2D eigenvalue weighted by molar-refractivity contribution is 6.33. The molecule has 0 unspecified atom stereocenters. The van der Waals surface area contributed by atoms with Gasteiger partial charge in [-0.05, 0) is 35.9 Å². The van der Waals surface area contributed by atoms with E-state index in [1.807, 2.05) is 37.2 Å². The second kappa shape index (κ2) is 6.33. The summed E-state index contributed by atoms with van der Waals surface area (Å²) >= 11 is 11.8. The smallest absolute Gasteiger partial charge is 0.142 e. The Labute approximate surface area is 128 Å². The van der Waals surface area contributed by atoms with Crippen LogP contribution in [0.25, 0.3) is 0 Å². The summed E-state index contributed by atoms with van der Waals surface area (Å²) in [5.41, 5.74) is 2.66. The lowest BCUT2D eigenvalue weighted by atomic mass is 10.2. The van der Waals surface area contributed by atoms with Gasteiger partial charge in [0.05, 0.1) is 15.7 Å². The summed E-state index contributed by atoms with van der Waals surface area (Å²) in [5.74, 6) is -0.410. The Morgan fingerprint density at radius 2 is 1.80 bits per heavy atom. The lowest BCUT2D eigenvalue weighted by Gasteiger charge is -2.15. The zero-order valence-corrected chi connectivity index (χ0v) is 12.8. The molecule has 0 atom stereocenters. The van der Waals surface area contributed by atoms with E-state index < -0.39 is 5.82 Å². The van der Waals surface area contributed by atoms with Crippen molar-refractivity contribution in [3.8, 4) is 0 Å². The summed E-state index contributed by atoms with van der Waals surface area (Å²) in [5, 5.41) is 4.00. The molecule has 1 N–H and O–H groups in total. The van der Waals surface area contributed by atoms with E-state index in [-0.39, 0.29) is 5.02 Å². The van der Waals surface area contributed by atoms with Crippen LogP contribution in [0.2, 0.25) is 10.0 Å². The first kappa shape index (κ1) is 14.9. The molecule has 2 rings (SSSR count). The molecule has 0 fully saturated rings. The Balaban J connectivity index is 2.07. The molecule has 0 heterocycles. The van der Waals surface area contributed by atoms with Crippen molar-refractivity contribution < 1.29 is 4.39 Å². The van der Waals surface area contributed by atoms with E-state index >= 15 is 0 Å². The molecular weight excluding hydrogens is 298 g/mol. The zero-order chi connectivity index (χ0) is 14.7. The van der Waals surface area contributed by atoms with Gasteiger partial charge in [-0.1, -0.05) is 29.3 Å². The van der Waals surface area contributed by atoms with Crippen molar-refractivity contribution in [2.24, 2.45) is 0 Å². The SMILES string of the molecule is CN(C)c1ccc(NCc2ccc(Cl)c(F)c2)cc1Cl. The Hall–Kier alpha value is -1.45. The average Bonchev–Trinajstić information content (AvgIpc) is 2.40. The minimum Gasteiger partial charge on any atom is -0.381 e. The molecule has 0 radical (unpaired) electrons. The summed E-state index contributed by atoms with van der Waals surface area (Å²) in [7, 11) is 3.87. The summed E-state index contributed by atoms with van der Waals surface area (Å²) in [6, 6.07) is 10.5. The van der Waals surface area contributed by atoms with Gasteiger partial charge in [-0.2, -0.15) is 0 Å². The number of nitrogens with one attached hydrogen (secondary N) is 1. The standard InChI is InChI=1S/C15H15Cl2FN2/c1-20(2)15-6-4-11(8-13(15)17)19-9-10-3-5-12(16)14(18)7-10/h3-8,19H,9H2,1-2H3. The predicted molar refractivity (Wildman–Crippen MR) is 84.5 cm³/mol. The topological polar surface area (TPSA) is 15.3 Å². The third-order valence-corrected chi connectivity index (χ3v) is 3.52. The number of hydrogen-bond acceptors (Lipinski definition) is 2. The van der Waals surface area contributed by atoms with Crippen LogP contribution < -0.4 is 10.2 Å². The molecule has 0 aliphatic rings. The Bertz CT molecular complexity index is 615. The van der Waals surface area contributed by atoms with Crippen molar-refractivity contribution in [2.75, 3.05) is 24.3 Å². The van der Waals surface area contributed by atoms with E-state index in [0.717, 1.165) is 16.9 Å². The van der Waals surface area contributed by atoms with E-state index in [4.69, 9.17) is 23.2 Å². The molecule has 20 heavy (non-hydrogen) atoms. The first-order valence-electron chi connectivity index (χ1n) is 6.12. The molecule has 0 aliphatic heterocycles. The van der Waals surface area contributed by atoms with Crippen molar-refractivity contribution in [3.63, 3.8) is 0 Å². The van der Waals surface area contributed by atoms with Gasteiger partial charge in [0.2, 0.25) is 0 Å². The van der Waals surface area contributed by atoms with E-state index in [2.05, 4.69) is 5.32 Å². The molecule has 0 saturated heterocycles. The van der Waals surface area contributed by atoms with Crippen molar-refractivity contribution in [1.29, 1.82) is 0 Å². The molecule has 2 nitrogen and oxygen atoms in total. The fourth-order valence-electron chi connectivity index (χ4n) is 1.83. The van der Waals surface area contributed by atoms with Gasteiger partial charge < -0.3 is 10.2 Å². The molecule has 5 heteroatoms. The van der Waals surface area contributed by atoms with Gasteiger partial charge in [0, 0.05) is 26.3 Å². The van der Waals surface area contributed by atoms with Crippen LogP contribution in [0, 0.1) is 5.82 Å². The molecule has 2 aromatic carbocycles. The second-order valence-corrected chi connectivity index (χ2v) is 5.48. The van der Waals surface area contributed by atoms with Crippen molar-refractivity contribution in [3.05, 3.63) is 57.8 Å². The fourth-order valence-corrected chi connectivity index (χ4v) is 2.30. The van der Waals surface area contributed by atoms with Crippen LogP contribution in [0.15, 0.2) is 36.4 Å². The summed E-state index contributed by atoms with van der Waals surface area (Å²) in [6.07, 6.45) is 0. The van der Waals surface area contributed by atoms with E-state index in [0.29, 0.717) is 11.6 Å². The van der Waals surface area contributed by atoms with Gasteiger partial charge >= 0.3 is 0 Å². The van der Waals surface area contributed by atoms with E-state index in [9.17, 15) is 4.39 Å². The maximum Gasteiger partial charge on any atom is 0.142 e. The van der Waals surface area contributed by atoms with E-state index in [1.54, 1.807) is 12.1 Å². The lowest BCUT2D eigenvalue weighted by molar-refractivity contribution is 0.626. The highest BCUT2D eigenvalue weighted by Crippen LogP contribution is 2.27. The van der Waals surface area contributed by atoms with Crippen molar-refractivity contribution >= 4 is 34.6 Å². The van der Waals surface area contributed by atoms with Crippen LogP contribution >= 0.6 is 23.2 Å². The third-order valence-electron chi connectivity index (χ3n) is 2.91. The molecule has 0 amide bonds. The molecule has 0 aromatic heterocycles. The van der Waals surface area contributed by atoms with Gasteiger partial charge in [-0.25, -0.2) is 4.39 Å². The number of hydrogen-bond donors (Lipinski definition) is 1. The normalized spacial score (nSPS) is 10.4. The zero-order valence-electron chi connectivity index (χ0n) is 11.3. The highest BCUT2D eigenvalue weighted by Gasteiger charge is 2.04. The van der Waals surface area contributed by atoms with Crippen LogP contribution in [-0.2, 0) is 6.54 Å². The predicted octanol–water partition coefficient (Wildman–Crippen LogP) is 4.81. The summed E-state index contributed by atoms with van der Waals surface area (Å²) < 4.78 is 13.3. The van der Waals surface area contributed by atoms with Crippen LogP contribution in [0.4, 0.5) is 15.8 Å². The Morgan fingerprint density at radius 1 is 1.05 bits per heavy atom. The summed E-state index contributed by atoms with van der Waals surface area (Å²) in [6.45, 7) is 0.506. The molecule has 106 valence electrons. The minimum atomic E-state index is -0.410. The fraction of sp³-hybridized carbons (Fsp3) is 0.200. The molecule has 0 spiro atoms. The molecular formula is C15H15Cl2FN2. The first-order valence-corrected chi connectivity index (χ1v) is 6.87. The average molecular weight is 313 g/mol. The van der Waals surface area contributed by atoms with Crippen molar-refractivity contribution in [1.82, 2.24) is 0 Å². The quantitative estimate of drug-likeness (QED) is 0.871. The van der Waals surface area contributed by atoms with Gasteiger partial charge in [-0.3, -0.25) is 0 Å². The van der Waals surface area contributed by atoms with Gasteiger partial charge in [0.15, 0.2) is 0 Å². The molecule has 0 saturated carbocycles. The highest BCUT2D eigenvalue weighted by atomic mass is 35.5. The molecule has 0 aliphatic carbocycles. The number of benzene rings is 2. The monoisotopic (exact) mass is 312 g/mol. The number of rotatable bonds is 4. The van der Waals surface area contributed by atoms with Crippen LogP contribution in [0.1, 0.15) is 5.56 Å². The van der Waals surface area contributed by atoms with Crippen LogP contribution in [0.5, 0.6) is 0 Å². The van der Waals surface area contributed by atoms with Crippen LogP contribution in [0.3, 0.4) is 0 Å². The Morgan fingerprint density at radius 3 is 2.40 bits per heavy atom. The first-order chi connectivity index (χ1) is 9.47. The molecule has 0 bridgehead atoms. The van der Waals surface area contributed by atoms with Crippen molar-refractivity contribution in [2.45, 2.75) is 6.54 Å². The largest absolute Gasteiger partial charge is 0.381 e. The maximum absolute atomic E-state index is 13.3. The number of anilines is 2. The van der Waals surface area contributed by atoms with E-state index in [1.165, 1.54) is 6.07 Å². The van der Waals surface area contributed by atoms with Gasteiger partial charge in [0.1, 0.15) is 5.82 Å². The van der Waals surface area contributed by atoms with Gasteiger partial charge in [-0.15, -0.1) is 0 Å². The Kier molecular flexibility index (Phi) is 4.73. The number of nitrogens with zero attached hydrogens (tertiary/aromatic N) is 1. The van der Waals surface area contributed by atoms with Crippen LogP contribution in [-0.4, -0.2) is 14.1 Å². The maximum atomic E-state index is 13.3. The lowest BCUT2D eigenvalue weighted by Crippen LogP contribution is -2.09. The third kappa shape index (κ3) is 3.56. The molecule has 2 aromatic rings. The minimum absolute atomic E-state index is 0.132.